The van der Waals surface area contributed by atoms with Gasteiger partial charge in [0.05, 0.1) is 0 Å². The van der Waals surface area contributed by atoms with Gasteiger partial charge in [-0.2, -0.15) is 5.26 Å². The fraction of sp³-hybridized carbons (Fsp3) is 0.312. The smallest absolute Gasteiger partial charge is 0.162 e. The van der Waals surface area contributed by atoms with Crippen LogP contribution in [0.15, 0.2) is 30.3 Å². The van der Waals surface area contributed by atoms with Crippen LogP contribution in [0.5, 0.6) is 0 Å². The second-order valence-corrected chi connectivity index (χ2v) is 5.11. The minimum atomic E-state index is 0.429. The monoisotopic (exact) mass is 264 g/mol. The number of aryl methyl sites for hydroxylation is 1. The lowest BCUT2D eigenvalue weighted by Gasteiger charge is -2.17. The number of hydrogen-bond donors (Lipinski definition) is 0. The molecule has 1 aromatic heterocycles. The minimum absolute atomic E-state index is 0.429. The highest BCUT2D eigenvalue weighted by atomic mass is 15.2. The molecule has 1 aliphatic heterocycles. The van der Waals surface area contributed by atoms with Gasteiger partial charge in [0.15, 0.2) is 5.82 Å². The quantitative estimate of drug-likeness (QED) is 0.837. The molecule has 100 valence electrons. The molecule has 1 aliphatic rings. The molecule has 0 amide bonds. The number of nitrogens with zero attached hydrogens (tertiary/aromatic N) is 4. The molecule has 2 aromatic rings. The second-order valence-electron chi connectivity index (χ2n) is 5.11. The predicted molar refractivity (Wildman–Crippen MR) is 78.4 cm³/mol. The molecule has 0 radical (unpaired) electrons. The van der Waals surface area contributed by atoms with E-state index in [1.165, 1.54) is 12.8 Å². The van der Waals surface area contributed by atoms with Crippen molar-refractivity contribution < 1.29 is 0 Å². The Morgan fingerprint density at radius 2 is 1.95 bits per heavy atom. The standard InChI is InChI=1S/C16H16N4/c1-12-5-4-6-13(9-12)16-18-14(11-17)10-15(19-16)20-7-2-3-8-20/h4-6,9-10H,2-3,7-8H2,1H3. The molecule has 4 heteroatoms. The third-order valence-corrected chi connectivity index (χ3v) is 3.53. The van der Waals surface area contributed by atoms with Crippen molar-refractivity contribution in [1.29, 1.82) is 5.26 Å². The molecule has 0 spiro atoms. The Kier molecular flexibility index (Phi) is 3.34. The lowest BCUT2D eigenvalue weighted by atomic mass is 10.1. The van der Waals surface area contributed by atoms with E-state index in [9.17, 15) is 5.26 Å². The molecule has 1 saturated heterocycles. The highest BCUT2D eigenvalue weighted by molar-refractivity contribution is 5.60. The molecule has 1 fully saturated rings. The molecular formula is C16H16N4. The van der Waals surface area contributed by atoms with Crippen molar-refractivity contribution in [3.8, 4) is 17.5 Å². The number of rotatable bonds is 2. The molecule has 2 heterocycles. The van der Waals surface area contributed by atoms with Crippen LogP contribution in [0.2, 0.25) is 0 Å². The molecule has 0 aliphatic carbocycles. The van der Waals surface area contributed by atoms with Crippen molar-refractivity contribution in [2.24, 2.45) is 0 Å². The number of anilines is 1. The van der Waals surface area contributed by atoms with Crippen LogP contribution in [0.4, 0.5) is 5.82 Å². The summed E-state index contributed by atoms with van der Waals surface area (Å²) in [5, 5.41) is 9.17. The fourth-order valence-electron chi connectivity index (χ4n) is 2.51. The van der Waals surface area contributed by atoms with Crippen molar-refractivity contribution >= 4 is 5.82 Å². The van der Waals surface area contributed by atoms with Crippen LogP contribution in [0.3, 0.4) is 0 Å². The van der Waals surface area contributed by atoms with Crippen LogP contribution in [-0.2, 0) is 0 Å². The first-order valence-corrected chi connectivity index (χ1v) is 6.87. The molecule has 0 bridgehead atoms. The Bertz CT molecular complexity index is 666. The van der Waals surface area contributed by atoms with E-state index < -0.39 is 0 Å². The van der Waals surface area contributed by atoms with E-state index in [-0.39, 0.29) is 0 Å². The highest BCUT2D eigenvalue weighted by Gasteiger charge is 2.16. The maximum atomic E-state index is 9.17. The normalized spacial score (nSPS) is 14.3. The predicted octanol–water partition coefficient (Wildman–Crippen LogP) is 2.92. The van der Waals surface area contributed by atoms with Gasteiger partial charge >= 0.3 is 0 Å². The van der Waals surface area contributed by atoms with Crippen molar-refractivity contribution in [2.75, 3.05) is 18.0 Å². The van der Waals surface area contributed by atoms with Gasteiger partial charge in [0.1, 0.15) is 17.6 Å². The molecule has 0 atom stereocenters. The fourth-order valence-corrected chi connectivity index (χ4v) is 2.51. The summed E-state index contributed by atoms with van der Waals surface area (Å²) in [6, 6.07) is 12.0. The molecular weight excluding hydrogens is 248 g/mol. The first-order chi connectivity index (χ1) is 9.76. The van der Waals surface area contributed by atoms with Gasteiger partial charge in [-0.3, -0.25) is 0 Å². The summed E-state index contributed by atoms with van der Waals surface area (Å²) >= 11 is 0. The van der Waals surface area contributed by atoms with E-state index in [4.69, 9.17) is 0 Å². The Balaban J connectivity index is 2.06. The summed E-state index contributed by atoms with van der Waals surface area (Å²) in [6.07, 6.45) is 2.37. The average molecular weight is 264 g/mol. The summed E-state index contributed by atoms with van der Waals surface area (Å²) in [6.45, 7) is 4.06. The molecule has 20 heavy (non-hydrogen) atoms. The van der Waals surface area contributed by atoms with Gasteiger partial charge in [0.25, 0.3) is 0 Å². The number of hydrogen-bond acceptors (Lipinski definition) is 4. The van der Waals surface area contributed by atoms with Gasteiger partial charge in [0, 0.05) is 24.7 Å². The molecule has 0 N–H and O–H groups in total. The number of nitriles is 1. The molecule has 0 saturated carbocycles. The van der Waals surface area contributed by atoms with E-state index in [2.05, 4.69) is 20.9 Å². The third kappa shape index (κ3) is 2.48. The zero-order valence-corrected chi connectivity index (χ0v) is 11.5. The summed E-state index contributed by atoms with van der Waals surface area (Å²) in [5.74, 6) is 1.50. The van der Waals surface area contributed by atoms with Crippen molar-refractivity contribution in [3.05, 3.63) is 41.6 Å². The van der Waals surface area contributed by atoms with E-state index in [1.807, 2.05) is 31.2 Å². The number of benzene rings is 1. The molecule has 4 nitrogen and oxygen atoms in total. The average Bonchev–Trinajstić information content (AvgIpc) is 3.01. The van der Waals surface area contributed by atoms with Gasteiger partial charge in [0.2, 0.25) is 0 Å². The number of aromatic nitrogens is 2. The van der Waals surface area contributed by atoms with E-state index in [1.54, 1.807) is 6.07 Å². The van der Waals surface area contributed by atoms with Crippen LogP contribution in [0.25, 0.3) is 11.4 Å². The molecule has 3 rings (SSSR count). The first-order valence-electron chi connectivity index (χ1n) is 6.87. The Hall–Kier alpha value is -2.41. The lowest BCUT2D eigenvalue weighted by Crippen LogP contribution is -2.19. The van der Waals surface area contributed by atoms with Crippen LogP contribution >= 0.6 is 0 Å². The molecule has 1 aromatic carbocycles. The van der Waals surface area contributed by atoms with Crippen LogP contribution in [0, 0.1) is 18.3 Å². The van der Waals surface area contributed by atoms with Gasteiger partial charge in [-0.05, 0) is 25.8 Å². The van der Waals surface area contributed by atoms with E-state index in [0.717, 1.165) is 30.0 Å². The summed E-state index contributed by atoms with van der Waals surface area (Å²) in [4.78, 5) is 11.2. The minimum Gasteiger partial charge on any atom is -0.356 e. The lowest BCUT2D eigenvalue weighted by molar-refractivity contribution is 0.927. The maximum Gasteiger partial charge on any atom is 0.162 e. The first kappa shape index (κ1) is 12.6. The largest absolute Gasteiger partial charge is 0.356 e. The van der Waals surface area contributed by atoms with Crippen molar-refractivity contribution in [2.45, 2.75) is 19.8 Å². The summed E-state index contributed by atoms with van der Waals surface area (Å²) in [5.41, 5.74) is 2.55. The summed E-state index contributed by atoms with van der Waals surface area (Å²) in [7, 11) is 0. The van der Waals surface area contributed by atoms with Crippen LogP contribution in [0.1, 0.15) is 24.1 Å². The Morgan fingerprint density at radius 1 is 1.15 bits per heavy atom. The SMILES string of the molecule is Cc1cccc(-c2nc(C#N)cc(N3CCCC3)n2)c1. The molecule has 0 unspecified atom stereocenters. The van der Waals surface area contributed by atoms with Crippen LogP contribution in [-0.4, -0.2) is 23.1 Å². The van der Waals surface area contributed by atoms with Gasteiger partial charge in [-0.1, -0.05) is 23.8 Å². The van der Waals surface area contributed by atoms with Crippen molar-refractivity contribution in [3.63, 3.8) is 0 Å². The van der Waals surface area contributed by atoms with Gasteiger partial charge in [-0.15, -0.1) is 0 Å². The third-order valence-electron chi connectivity index (χ3n) is 3.53. The second kappa shape index (κ2) is 5.30. The zero-order valence-electron chi connectivity index (χ0n) is 11.5. The maximum absolute atomic E-state index is 9.17. The van der Waals surface area contributed by atoms with Gasteiger partial charge < -0.3 is 4.90 Å². The Morgan fingerprint density at radius 3 is 2.65 bits per heavy atom. The van der Waals surface area contributed by atoms with Gasteiger partial charge in [-0.25, -0.2) is 9.97 Å². The summed E-state index contributed by atoms with van der Waals surface area (Å²) < 4.78 is 0. The van der Waals surface area contributed by atoms with E-state index >= 15 is 0 Å². The topological polar surface area (TPSA) is 52.8 Å². The van der Waals surface area contributed by atoms with E-state index in [0.29, 0.717) is 11.5 Å². The highest BCUT2D eigenvalue weighted by Crippen LogP contribution is 2.23. The zero-order chi connectivity index (χ0) is 13.9. The Labute approximate surface area is 118 Å². The van der Waals surface area contributed by atoms with Crippen LogP contribution < -0.4 is 4.90 Å². The van der Waals surface area contributed by atoms with Crippen molar-refractivity contribution in [1.82, 2.24) is 9.97 Å².